The van der Waals surface area contributed by atoms with Crippen molar-refractivity contribution in [2.75, 3.05) is 6.61 Å². The van der Waals surface area contributed by atoms with Crippen molar-refractivity contribution >= 4 is 22.6 Å². The number of hydrogen-bond acceptors (Lipinski definition) is 2. The zero-order valence-electron chi connectivity index (χ0n) is 9.28. The van der Waals surface area contributed by atoms with Gasteiger partial charge in [-0.15, -0.1) is 0 Å². The van der Waals surface area contributed by atoms with Gasteiger partial charge in [-0.2, -0.15) is 0 Å². The molecule has 0 N–H and O–H groups in total. The number of rotatable bonds is 5. The highest BCUT2D eigenvalue weighted by atomic mass is 35.5. The minimum atomic E-state index is -0.387. The Hall–Kier alpha value is -1.28. The summed E-state index contributed by atoms with van der Waals surface area (Å²) in [5.41, 5.74) is 0.816. The fourth-order valence-corrected chi connectivity index (χ4v) is 1.36. The van der Waals surface area contributed by atoms with Gasteiger partial charge in [-0.25, -0.2) is 4.79 Å². The number of carbonyl (C=O) groups excluding carboxylic acids is 1. The molecule has 1 rings (SSSR count). The van der Waals surface area contributed by atoms with Crippen LogP contribution in [0.3, 0.4) is 0 Å². The van der Waals surface area contributed by atoms with Crippen molar-refractivity contribution in [2.24, 2.45) is 0 Å². The summed E-state index contributed by atoms with van der Waals surface area (Å²) in [6, 6.07) is 9.32. The van der Waals surface area contributed by atoms with Crippen molar-refractivity contribution in [3.8, 4) is 0 Å². The van der Waals surface area contributed by atoms with E-state index < -0.39 is 0 Å². The standard InChI is InChI=1S/C13H15ClO2/c1-2-3-9-16-13(15)10-12(14)11-7-5-4-6-8-11/h4-8,10H,2-3,9H2,1H3/b12-10-. The monoisotopic (exact) mass is 238 g/mol. The average Bonchev–Trinajstić information content (AvgIpc) is 2.30. The number of hydrogen-bond donors (Lipinski definition) is 0. The molecular formula is C13H15ClO2. The lowest BCUT2D eigenvalue weighted by atomic mass is 10.2. The molecule has 0 saturated carbocycles. The molecule has 1 aromatic rings. The van der Waals surface area contributed by atoms with Gasteiger partial charge in [0.2, 0.25) is 0 Å². The van der Waals surface area contributed by atoms with Crippen molar-refractivity contribution in [1.29, 1.82) is 0 Å². The Labute approximate surface area is 101 Å². The maximum absolute atomic E-state index is 11.3. The zero-order valence-corrected chi connectivity index (χ0v) is 10.0. The third-order valence-electron chi connectivity index (χ3n) is 2.04. The third-order valence-corrected chi connectivity index (χ3v) is 2.36. The number of halogens is 1. The highest BCUT2D eigenvalue weighted by molar-refractivity contribution is 6.50. The zero-order chi connectivity index (χ0) is 11.8. The molecule has 0 saturated heterocycles. The Balaban J connectivity index is 2.53. The minimum absolute atomic E-state index is 0.387. The Morgan fingerprint density at radius 2 is 2.06 bits per heavy atom. The van der Waals surface area contributed by atoms with Gasteiger partial charge in [-0.3, -0.25) is 0 Å². The first-order valence-electron chi connectivity index (χ1n) is 5.33. The molecule has 16 heavy (non-hydrogen) atoms. The van der Waals surface area contributed by atoms with Gasteiger partial charge in [0.25, 0.3) is 0 Å². The largest absolute Gasteiger partial charge is 0.462 e. The Kier molecular flexibility index (Phi) is 5.65. The van der Waals surface area contributed by atoms with E-state index in [9.17, 15) is 4.79 Å². The first-order valence-corrected chi connectivity index (χ1v) is 5.71. The van der Waals surface area contributed by atoms with E-state index in [0.717, 1.165) is 18.4 Å². The molecule has 0 fully saturated rings. The highest BCUT2D eigenvalue weighted by Crippen LogP contribution is 2.17. The summed E-state index contributed by atoms with van der Waals surface area (Å²) in [5, 5.41) is 0.405. The van der Waals surface area contributed by atoms with Gasteiger partial charge in [-0.05, 0) is 12.0 Å². The minimum Gasteiger partial charge on any atom is -0.462 e. The molecule has 2 nitrogen and oxygen atoms in total. The van der Waals surface area contributed by atoms with E-state index in [1.807, 2.05) is 37.3 Å². The Morgan fingerprint density at radius 1 is 1.38 bits per heavy atom. The summed E-state index contributed by atoms with van der Waals surface area (Å²) >= 11 is 5.97. The van der Waals surface area contributed by atoms with Crippen LogP contribution in [0.5, 0.6) is 0 Å². The molecule has 3 heteroatoms. The normalized spacial score (nSPS) is 11.2. The SMILES string of the molecule is CCCCOC(=O)/C=C(\Cl)c1ccccc1. The van der Waals surface area contributed by atoms with Gasteiger partial charge in [0.1, 0.15) is 0 Å². The number of carbonyl (C=O) groups is 1. The molecule has 0 spiro atoms. The van der Waals surface area contributed by atoms with Gasteiger partial charge in [0.05, 0.1) is 11.6 Å². The first kappa shape index (κ1) is 12.8. The molecule has 0 heterocycles. The van der Waals surface area contributed by atoms with Crippen LogP contribution in [0.15, 0.2) is 36.4 Å². The number of esters is 1. The van der Waals surface area contributed by atoms with Crippen LogP contribution in [0, 0.1) is 0 Å². The maximum atomic E-state index is 11.3. The smallest absolute Gasteiger partial charge is 0.332 e. The summed E-state index contributed by atoms with van der Waals surface area (Å²) in [7, 11) is 0. The molecule has 0 atom stereocenters. The molecule has 0 unspecified atom stereocenters. The summed E-state index contributed by atoms with van der Waals surface area (Å²) in [5.74, 6) is -0.387. The molecule has 0 aliphatic heterocycles. The lowest BCUT2D eigenvalue weighted by molar-refractivity contribution is -0.137. The molecule has 0 aliphatic carbocycles. The van der Waals surface area contributed by atoms with Crippen LogP contribution >= 0.6 is 11.6 Å². The molecule has 0 aromatic heterocycles. The van der Waals surface area contributed by atoms with Crippen LogP contribution in [-0.2, 0) is 9.53 Å². The highest BCUT2D eigenvalue weighted by Gasteiger charge is 2.02. The lowest BCUT2D eigenvalue weighted by Gasteiger charge is -2.01. The average molecular weight is 239 g/mol. The van der Waals surface area contributed by atoms with Gasteiger partial charge >= 0.3 is 5.97 Å². The fraction of sp³-hybridized carbons (Fsp3) is 0.308. The number of ether oxygens (including phenoxy) is 1. The topological polar surface area (TPSA) is 26.3 Å². The van der Waals surface area contributed by atoms with Crippen LogP contribution in [0.2, 0.25) is 0 Å². The molecule has 0 amide bonds. The molecule has 86 valence electrons. The van der Waals surface area contributed by atoms with Crippen molar-refractivity contribution in [2.45, 2.75) is 19.8 Å². The van der Waals surface area contributed by atoms with Crippen LogP contribution in [-0.4, -0.2) is 12.6 Å². The van der Waals surface area contributed by atoms with Gasteiger partial charge in [-0.1, -0.05) is 55.3 Å². The van der Waals surface area contributed by atoms with E-state index in [1.54, 1.807) is 0 Å². The predicted octanol–water partition coefficient (Wildman–Crippen LogP) is 3.61. The van der Waals surface area contributed by atoms with E-state index in [1.165, 1.54) is 6.08 Å². The Bertz CT molecular complexity index is 357. The second-order valence-electron chi connectivity index (χ2n) is 3.38. The van der Waals surface area contributed by atoms with Gasteiger partial charge in [0, 0.05) is 6.08 Å². The van der Waals surface area contributed by atoms with E-state index in [4.69, 9.17) is 16.3 Å². The number of unbranched alkanes of at least 4 members (excludes halogenated alkanes) is 1. The van der Waals surface area contributed by atoms with Gasteiger partial charge in [0.15, 0.2) is 0 Å². The van der Waals surface area contributed by atoms with E-state index in [0.29, 0.717) is 11.6 Å². The Morgan fingerprint density at radius 3 is 2.69 bits per heavy atom. The summed E-state index contributed by atoms with van der Waals surface area (Å²) < 4.78 is 4.97. The first-order chi connectivity index (χ1) is 7.74. The number of benzene rings is 1. The van der Waals surface area contributed by atoms with Crippen molar-refractivity contribution in [1.82, 2.24) is 0 Å². The summed E-state index contributed by atoms with van der Waals surface area (Å²) in [6.45, 7) is 2.49. The van der Waals surface area contributed by atoms with E-state index >= 15 is 0 Å². The maximum Gasteiger partial charge on any atom is 0.332 e. The summed E-state index contributed by atoms with van der Waals surface area (Å²) in [6.07, 6.45) is 3.19. The lowest BCUT2D eigenvalue weighted by Crippen LogP contribution is -2.02. The van der Waals surface area contributed by atoms with Crippen molar-refractivity contribution in [3.63, 3.8) is 0 Å². The van der Waals surface area contributed by atoms with E-state index in [-0.39, 0.29) is 5.97 Å². The van der Waals surface area contributed by atoms with Crippen LogP contribution in [0.4, 0.5) is 0 Å². The second-order valence-corrected chi connectivity index (χ2v) is 3.79. The molecular weight excluding hydrogens is 224 g/mol. The van der Waals surface area contributed by atoms with Crippen molar-refractivity contribution in [3.05, 3.63) is 42.0 Å². The van der Waals surface area contributed by atoms with E-state index in [2.05, 4.69) is 0 Å². The van der Waals surface area contributed by atoms with Crippen LogP contribution in [0.1, 0.15) is 25.3 Å². The predicted molar refractivity (Wildman–Crippen MR) is 66.1 cm³/mol. The molecule has 1 aromatic carbocycles. The molecule has 0 bridgehead atoms. The second kappa shape index (κ2) is 7.07. The summed E-state index contributed by atoms with van der Waals surface area (Å²) in [4.78, 5) is 11.3. The van der Waals surface area contributed by atoms with Gasteiger partial charge < -0.3 is 4.74 Å². The third kappa shape index (κ3) is 4.49. The quantitative estimate of drug-likeness (QED) is 0.445. The van der Waals surface area contributed by atoms with Crippen molar-refractivity contribution < 1.29 is 9.53 Å². The van der Waals surface area contributed by atoms with Crippen LogP contribution in [0.25, 0.3) is 5.03 Å². The molecule has 0 radical (unpaired) electrons. The van der Waals surface area contributed by atoms with Crippen LogP contribution < -0.4 is 0 Å². The fourth-order valence-electron chi connectivity index (χ4n) is 1.14. The molecule has 0 aliphatic rings.